The fourth-order valence-corrected chi connectivity index (χ4v) is 2.03. The Kier molecular flexibility index (Phi) is 5.55. The standard InChI is InChI=1S/C20H21FN2O2/c1-13-10-16(9-8-15-6-5-7-17(21)11-15)12-22-18(13)19(24)23-14(2)20(3,4)25/h5-7,10-12,14,25H,1-4H3,(H,23,24)/t14-/m1/s1. The minimum atomic E-state index is -1.03. The van der Waals surface area contributed by atoms with Gasteiger partial charge in [0, 0.05) is 17.3 Å². The van der Waals surface area contributed by atoms with Crippen molar-refractivity contribution in [3.63, 3.8) is 0 Å². The van der Waals surface area contributed by atoms with Gasteiger partial charge in [-0.1, -0.05) is 17.9 Å². The third kappa shape index (κ3) is 5.13. The predicted octanol–water partition coefficient (Wildman–Crippen LogP) is 2.82. The van der Waals surface area contributed by atoms with E-state index in [2.05, 4.69) is 22.1 Å². The molecule has 0 saturated heterocycles. The summed E-state index contributed by atoms with van der Waals surface area (Å²) in [6.45, 7) is 6.75. The zero-order chi connectivity index (χ0) is 18.6. The van der Waals surface area contributed by atoms with E-state index in [-0.39, 0.29) is 17.4 Å². The number of aliphatic hydroxyl groups is 1. The van der Waals surface area contributed by atoms with E-state index in [4.69, 9.17) is 0 Å². The Morgan fingerprint density at radius 1 is 1.28 bits per heavy atom. The molecule has 1 amide bonds. The Bertz CT molecular complexity index is 845. The molecule has 25 heavy (non-hydrogen) atoms. The van der Waals surface area contributed by atoms with Gasteiger partial charge in [-0.2, -0.15) is 0 Å². The minimum absolute atomic E-state index is 0.285. The van der Waals surface area contributed by atoms with Crippen LogP contribution in [-0.2, 0) is 0 Å². The fourth-order valence-electron chi connectivity index (χ4n) is 2.03. The average molecular weight is 340 g/mol. The summed E-state index contributed by atoms with van der Waals surface area (Å²) in [5, 5.41) is 12.6. The van der Waals surface area contributed by atoms with Crippen molar-refractivity contribution in [2.45, 2.75) is 39.3 Å². The number of halogens is 1. The van der Waals surface area contributed by atoms with Crippen LogP contribution in [0.2, 0.25) is 0 Å². The quantitative estimate of drug-likeness (QED) is 0.845. The average Bonchev–Trinajstić information content (AvgIpc) is 2.52. The summed E-state index contributed by atoms with van der Waals surface area (Å²) in [5.74, 6) is 5.09. The van der Waals surface area contributed by atoms with E-state index < -0.39 is 11.6 Å². The van der Waals surface area contributed by atoms with Gasteiger partial charge in [-0.05, 0) is 57.5 Å². The zero-order valence-electron chi connectivity index (χ0n) is 14.7. The Labute approximate surface area is 147 Å². The Morgan fingerprint density at radius 2 is 1.96 bits per heavy atom. The van der Waals surface area contributed by atoms with Crippen LogP contribution in [0.5, 0.6) is 0 Å². The van der Waals surface area contributed by atoms with Crippen LogP contribution < -0.4 is 5.32 Å². The van der Waals surface area contributed by atoms with Crippen molar-refractivity contribution in [1.29, 1.82) is 0 Å². The number of aromatic nitrogens is 1. The summed E-state index contributed by atoms with van der Waals surface area (Å²) >= 11 is 0. The number of nitrogens with one attached hydrogen (secondary N) is 1. The molecule has 0 saturated carbocycles. The molecule has 0 spiro atoms. The molecule has 5 heteroatoms. The maximum Gasteiger partial charge on any atom is 0.270 e. The van der Waals surface area contributed by atoms with E-state index in [1.54, 1.807) is 45.9 Å². The molecule has 0 aliphatic carbocycles. The smallest absolute Gasteiger partial charge is 0.270 e. The van der Waals surface area contributed by atoms with Crippen molar-refractivity contribution in [3.05, 3.63) is 64.7 Å². The van der Waals surface area contributed by atoms with Crippen molar-refractivity contribution in [1.82, 2.24) is 10.3 Å². The van der Waals surface area contributed by atoms with Gasteiger partial charge in [0.2, 0.25) is 0 Å². The van der Waals surface area contributed by atoms with Gasteiger partial charge < -0.3 is 10.4 Å². The van der Waals surface area contributed by atoms with E-state index in [9.17, 15) is 14.3 Å². The molecule has 1 atom stereocenters. The summed E-state index contributed by atoms with van der Waals surface area (Å²) in [4.78, 5) is 16.5. The number of rotatable bonds is 3. The second kappa shape index (κ2) is 7.45. The Morgan fingerprint density at radius 3 is 2.56 bits per heavy atom. The van der Waals surface area contributed by atoms with Crippen LogP contribution in [0.1, 0.15) is 48.0 Å². The number of hydrogen-bond donors (Lipinski definition) is 2. The van der Waals surface area contributed by atoms with E-state index in [0.717, 1.165) is 0 Å². The van der Waals surface area contributed by atoms with Crippen LogP contribution >= 0.6 is 0 Å². The molecule has 0 fully saturated rings. The first-order chi connectivity index (χ1) is 11.7. The van der Waals surface area contributed by atoms with Crippen LogP contribution in [0.15, 0.2) is 36.5 Å². The minimum Gasteiger partial charge on any atom is -0.388 e. The lowest BCUT2D eigenvalue weighted by atomic mass is 10.0. The molecule has 0 radical (unpaired) electrons. The van der Waals surface area contributed by atoms with Gasteiger partial charge in [0.05, 0.1) is 11.6 Å². The molecule has 2 aromatic rings. The molecule has 2 rings (SSSR count). The first-order valence-corrected chi connectivity index (χ1v) is 7.94. The number of pyridine rings is 1. The van der Waals surface area contributed by atoms with Gasteiger partial charge in [-0.3, -0.25) is 4.79 Å². The largest absolute Gasteiger partial charge is 0.388 e. The molecule has 0 bridgehead atoms. The van der Waals surface area contributed by atoms with Gasteiger partial charge >= 0.3 is 0 Å². The summed E-state index contributed by atoms with van der Waals surface area (Å²) in [7, 11) is 0. The number of benzene rings is 1. The van der Waals surface area contributed by atoms with Gasteiger partial charge in [-0.15, -0.1) is 0 Å². The highest BCUT2D eigenvalue weighted by molar-refractivity contribution is 5.94. The summed E-state index contributed by atoms with van der Waals surface area (Å²) in [6, 6.07) is 7.36. The maximum atomic E-state index is 13.1. The number of carbonyl (C=O) groups is 1. The number of hydrogen-bond acceptors (Lipinski definition) is 3. The second-order valence-corrected chi connectivity index (χ2v) is 6.50. The van der Waals surface area contributed by atoms with E-state index >= 15 is 0 Å². The number of aryl methyl sites for hydroxylation is 1. The third-order valence-corrected chi connectivity index (χ3v) is 3.88. The molecule has 1 aromatic heterocycles. The number of nitrogens with zero attached hydrogens (tertiary/aromatic N) is 1. The van der Waals surface area contributed by atoms with E-state index in [0.29, 0.717) is 16.7 Å². The molecule has 1 aromatic carbocycles. The zero-order valence-corrected chi connectivity index (χ0v) is 14.7. The molecule has 1 heterocycles. The highest BCUT2D eigenvalue weighted by Gasteiger charge is 2.25. The lowest BCUT2D eigenvalue weighted by Crippen LogP contribution is -2.47. The lowest BCUT2D eigenvalue weighted by molar-refractivity contribution is 0.0407. The monoisotopic (exact) mass is 340 g/mol. The van der Waals surface area contributed by atoms with Gasteiger partial charge in [0.15, 0.2) is 0 Å². The molecule has 0 unspecified atom stereocenters. The van der Waals surface area contributed by atoms with Crippen LogP contribution in [0.3, 0.4) is 0 Å². The summed E-state index contributed by atoms with van der Waals surface area (Å²) in [6.07, 6.45) is 1.50. The predicted molar refractivity (Wildman–Crippen MR) is 94.6 cm³/mol. The van der Waals surface area contributed by atoms with Crippen LogP contribution in [0, 0.1) is 24.6 Å². The highest BCUT2D eigenvalue weighted by atomic mass is 19.1. The van der Waals surface area contributed by atoms with Crippen molar-refractivity contribution >= 4 is 5.91 Å². The van der Waals surface area contributed by atoms with E-state index in [1.807, 2.05) is 0 Å². The van der Waals surface area contributed by atoms with Crippen molar-refractivity contribution in [2.75, 3.05) is 0 Å². The number of carbonyl (C=O) groups excluding carboxylic acids is 1. The van der Waals surface area contributed by atoms with Crippen LogP contribution in [0.4, 0.5) is 4.39 Å². The summed E-state index contributed by atoms with van der Waals surface area (Å²) < 4.78 is 13.1. The van der Waals surface area contributed by atoms with Crippen molar-refractivity contribution in [2.24, 2.45) is 0 Å². The molecule has 2 N–H and O–H groups in total. The first-order valence-electron chi connectivity index (χ1n) is 7.94. The summed E-state index contributed by atoms with van der Waals surface area (Å²) in [5.41, 5.74) is 1.13. The number of amides is 1. The first kappa shape index (κ1) is 18.6. The third-order valence-electron chi connectivity index (χ3n) is 3.88. The van der Waals surface area contributed by atoms with Crippen LogP contribution in [-0.4, -0.2) is 27.6 Å². The Balaban J connectivity index is 2.17. The van der Waals surface area contributed by atoms with E-state index in [1.165, 1.54) is 18.3 Å². The Hall–Kier alpha value is -2.71. The normalized spacial score (nSPS) is 12.1. The van der Waals surface area contributed by atoms with Gasteiger partial charge in [0.1, 0.15) is 11.5 Å². The fraction of sp³-hybridized carbons (Fsp3) is 0.300. The molecular formula is C20H21FN2O2. The van der Waals surface area contributed by atoms with Crippen molar-refractivity contribution in [3.8, 4) is 11.8 Å². The highest BCUT2D eigenvalue weighted by Crippen LogP contribution is 2.11. The van der Waals surface area contributed by atoms with Crippen LogP contribution in [0.25, 0.3) is 0 Å². The molecule has 4 nitrogen and oxygen atoms in total. The van der Waals surface area contributed by atoms with Crippen molar-refractivity contribution < 1.29 is 14.3 Å². The lowest BCUT2D eigenvalue weighted by Gasteiger charge is -2.26. The second-order valence-electron chi connectivity index (χ2n) is 6.50. The van der Waals surface area contributed by atoms with Gasteiger partial charge in [0.25, 0.3) is 5.91 Å². The molecule has 130 valence electrons. The molecule has 0 aliphatic rings. The molecular weight excluding hydrogens is 319 g/mol. The topological polar surface area (TPSA) is 62.2 Å². The van der Waals surface area contributed by atoms with Gasteiger partial charge in [-0.25, -0.2) is 9.37 Å². The SMILES string of the molecule is Cc1cc(C#Cc2cccc(F)c2)cnc1C(=O)N[C@H](C)C(C)(C)O. The molecule has 0 aliphatic heterocycles. The maximum absolute atomic E-state index is 13.1.